The number of halogens is 2. The maximum absolute atomic E-state index is 13.8. The zero-order valence-electron chi connectivity index (χ0n) is 9.68. The van der Waals surface area contributed by atoms with Crippen LogP contribution in [0.5, 0.6) is 11.5 Å². The Hall–Kier alpha value is -2.08. The van der Waals surface area contributed by atoms with Gasteiger partial charge < -0.3 is 15.7 Å². The fraction of sp³-hybridized carbons (Fsp3) is 0. The van der Waals surface area contributed by atoms with Crippen molar-refractivity contribution in [2.75, 3.05) is 0 Å². The molecule has 0 aromatic heterocycles. The van der Waals surface area contributed by atoms with Crippen molar-refractivity contribution in [3.63, 3.8) is 0 Å². The fourth-order valence-corrected chi connectivity index (χ4v) is 1.84. The summed E-state index contributed by atoms with van der Waals surface area (Å²) in [6.45, 7) is 0. The van der Waals surface area contributed by atoms with Crippen molar-refractivity contribution in [2.45, 2.75) is 0 Å². The van der Waals surface area contributed by atoms with Crippen molar-refractivity contribution in [3.8, 4) is 11.5 Å². The molecule has 4 nitrogen and oxygen atoms in total. The average molecular weight is 325 g/mol. The quantitative estimate of drug-likeness (QED) is 0.393. The van der Waals surface area contributed by atoms with Gasteiger partial charge in [0.2, 0.25) is 0 Å². The van der Waals surface area contributed by atoms with E-state index < -0.39 is 5.82 Å². The van der Waals surface area contributed by atoms with Crippen molar-refractivity contribution >= 4 is 21.8 Å². The molecule has 0 bridgehead atoms. The molecular formula is C13H10BrFN2O2. The van der Waals surface area contributed by atoms with Crippen molar-refractivity contribution in [2.24, 2.45) is 10.9 Å². The second kappa shape index (κ2) is 5.71. The third-order valence-corrected chi connectivity index (χ3v) is 2.85. The number of nitrogens with zero attached hydrogens (tertiary/aromatic N) is 1. The van der Waals surface area contributed by atoms with Crippen molar-refractivity contribution < 1.29 is 14.3 Å². The van der Waals surface area contributed by atoms with Gasteiger partial charge in [0.15, 0.2) is 17.4 Å². The van der Waals surface area contributed by atoms with E-state index in [-0.39, 0.29) is 17.1 Å². The van der Waals surface area contributed by atoms with Gasteiger partial charge in [-0.25, -0.2) is 4.39 Å². The lowest BCUT2D eigenvalue weighted by Gasteiger charge is -2.08. The largest absolute Gasteiger partial charge is 0.454 e. The van der Waals surface area contributed by atoms with Gasteiger partial charge in [0.1, 0.15) is 5.75 Å². The van der Waals surface area contributed by atoms with E-state index in [0.29, 0.717) is 5.75 Å². The van der Waals surface area contributed by atoms with Crippen LogP contribution < -0.4 is 10.5 Å². The Bertz CT molecular complexity index is 632. The number of rotatable bonds is 3. The summed E-state index contributed by atoms with van der Waals surface area (Å²) in [5, 5.41) is 11.3. The van der Waals surface area contributed by atoms with E-state index in [9.17, 15) is 4.39 Å². The Morgan fingerprint density at radius 2 is 2.05 bits per heavy atom. The molecule has 19 heavy (non-hydrogen) atoms. The Kier molecular flexibility index (Phi) is 4.01. The van der Waals surface area contributed by atoms with Crippen molar-refractivity contribution in [1.82, 2.24) is 0 Å². The summed E-state index contributed by atoms with van der Waals surface area (Å²) in [6.07, 6.45) is 0. The van der Waals surface area contributed by atoms with Crippen LogP contribution in [0.4, 0.5) is 4.39 Å². The van der Waals surface area contributed by atoms with Crippen LogP contribution in [0.2, 0.25) is 0 Å². The fourth-order valence-electron chi connectivity index (χ4n) is 1.46. The normalized spacial score (nSPS) is 11.4. The molecule has 2 rings (SSSR count). The first kappa shape index (κ1) is 13.4. The molecule has 0 amide bonds. The van der Waals surface area contributed by atoms with Crippen LogP contribution in [0.15, 0.2) is 52.1 Å². The summed E-state index contributed by atoms with van der Waals surface area (Å²) < 4.78 is 20.0. The lowest BCUT2D eigenvalue weighted by Crippen LogP contribution is -2.13. The monoisotopic (exact) mass is 324 g/mol. The number of nitrogens with two attached hydrogens (primary N) is 1. The van der Waals surface area contributed by atoms with Crippen LogP contribution in [-0.4, -0.2) is 11.0 Å². The van der Waals surface area contributed by atoms with E-state index >= 15 is 0 Å². The molecule has 0 fully saturated rings. The van der Waals surface area contributed by atoms with E-state index in [1.165, 1.54) is 12.1 Å². The maximum atomic E-state index is 13.8. The third-order valence-electron chi connectivity index (χ3n) is 2.36. The van der Waals surface area contributed by atoms with Crippen LogP contribution >= 0.6 is 15.9 Å². The first-order chi connectivity index (χ1) is 9.10. The number of hydrogen-bond donors (Lipinski definition) is 2. The Labute approximate surface area is 117 Å². The van der Waals surface area contributed by atoms with Crippen LogP contribution in [0.25, 0.3) is 0 Å². The molecule has 3 N–H and O–H groups in total. The van der Waals surface area contributed by atoms with E-state index in [0.717, 1.165) is 10.5 Å². The van der Waals surface area contributed by atoms with Crippen molar-refractivity contribution in [3.05, 3.63) is 58.3 Å². The van der Waals surface area contributed by atoms with Gasteiger partial charge in [-0.05, 0) is 36.4 Å². The summed E-state index contributed by atoms with van der Waals surface area (Å²) in [6, 6.07) is 11.1. The zero-order chi connectivity index (χ0) is 13.8. The summed E-state index contributed by atoms with van der Waals surface area (Å²) >= 11 is 3.30. The molecule has 98 valence electrons. The highest BCUT2D eigenvalue weighted by atomic mass is 79.9. The molecule has 6 heteroatoms. The van der Waals surface area contributed by atoms with Gasteiger partial charge in [-0.2, -0.15) is 0 Å². The van der Waals surface area contributed by atoms with Gasteiger partial charge in [0, 0.05) is 10.0 Å². The first-order valence-corrected chi connectivity index (χ1v) is 6.10. The number of ether oxygens (including phenoxy) is 1. The van der Waals surface area contributed by atoms with E-state index in [2.05, 4.69) is 21.1 Å². The van der Waals surface area contributed by atoms with Crippen LogP contribution in [0.3, 0.4) is 0 Å². The highest BCUT2D eigenvalue weighted by Crippen LogP contribution is 2.27. The van der Waals surface area contributed by atoms with Gasteiger partial charge in [-0.1, -0.05) is 27.2 Å². The minimum Gasteiger partial charge on any atom is -0.454 e. The second-order valence-corrected chi connectivity index (χ2v) is 4.61. The molecule has 0 aliphatic carbocycles. The molecule has 0 saturated carbocycles. The van der Waals surface area contributed by atoms with E-state index in [4.69, 9.17) is 15.7 Å². The number of oxime groups is 1. The second-order valence-electron chi connectivity index (χ2n) is 3.69. The number of benzene rings is 2. The molecule has 0 spiro atoms. The molecular weight excluding hydrogens is 315 g/mol. The van der Waals surface area contributed by atoms with Gasteiger partial charge in [-0.3, -0.25) is 0 Å². The summed E-state index contributed by atoms with van der Waals surface area (Å²) in [5.41, 5.74) is 5.65. The molecule has 0 aliphatic rings. The summed E-state index contributed by atoms with van der Waals surface area (Å²) in [4.78, 5) is 0. The van der Waals surface area contributed by atoms with Gasteiger partial charge in [0.05, 0.1) is 0 Å². The predicted molar refractivity (Wildman–Crippen MR) is 73.1 cm³/mol. The third kappa shape index (κ3) is 3.23. The Balaban J connectivity index is 2.27. The summed E-state index contributed by atoms with van der Waals surface area (Å²) in [5.74, 6) is -0.186. The SMILES string of the molecule is N/C(=N\O)c1ccc(Oc2cccc(Br)c2)c(F)c1. The lowest BCUT2D eigenvalue weighted by molar-refractivity contribution is 0.318. The average Bonchev–Trinajstić information content (AvgIpc) is 2.40. The molecule has 0 radical (unpaired) electrons. The Morgan fingerprint density at radius 3 is 2.68 bits per heavy atom. The first-order valence-electron chi connectivity index (χ1n) is 5.31. The molecule has 0 saturated heterocycles. The Morgan fingerprint density at radius 1 is 1.26 bits per heavy atom. The van der Waals surface area contributed by atoms with Crippen LogP contribution in [0.1, 0.15) is 5.56 Å². The van der Waals surface area contributed by atoms with Crippen LogP contribution in [-0.2, 0) is 0 Å². The molecule has 0 aliphatic heterocycles. The minimum absolute atomic E-state index is 0.0626. The number of hydrogen-bond acceptors (Lipinski definition) is 3. The molecule has 2 aromatic carbocycles. The molecule has 0 heterocycles. The van der Waals surface area contributed by atoms with Gasteiger partial charge >= 0.3 is 0 Å². The maximum Gasteiger partial charge on any atom is 0.170 e. The lowest BCUT2D eigenvalue weighted by atomic mass is 10.2. The molecule has 0 unspecified atom stereocenters. The zero-order valence-corrected chi connectivity index (χ0v) is 11.3. The summed E-state index contributed by atoms with van der Waals surface area (Å²) in [7, 11) is 0. The molecule has 2 aromatic rings. The van der Waals surface area contributed by atoms with Gasteiger partial charge in [0.25, 0.3) is 0 Å². The van der Waals surface area contributed by atoms with Crippen LogP contribution in [0, 0.1) is 5.82 Å². The highest BCUT2D eigenvalue weighted by molar-refractivity contribution is 9.10. The van der Waals surface area contributed by atoms with Gasteiger partial charge in [-0.15, -0.1) is 0 Å². The molecule has 0 atom stereocenters. The van der Waals surface area contributed by atoms with E-state index in [1.807, 2.05) is 6.07 Å². The smallest absolute Gasteiger partial charge is 0.170 e. The standard InChI is InChI=1S/C13H10BrFN2O2/c14-9-2-1-3-10(7-9)19-12-5-4-8(6-11(12)15)13(16)17-18/h1-7,18H,(H2,16,17). The highest BCUT2D eigenvalue weighted by Gasteiger charge is 2.08. The predicted octanol–water partition coefficient (Wildman–Crippen LogP) is 3.48. The van der Waals surface area contributed by atoms with E-state index in [1.54, 1.807) is 18.2 Å². The topological polar surface area (TPSA) is 67.8 Å². The number of amidine groups is 1. The van der Waals surface area contributed by atoms with Crippen molar-refractivity contribution in [1.29, 1.82) is 0 Å². The minimum atomic E-state index is -0.593.